The van der Waals surface area contributed by atoms with Crippen LogP contribution in [0.1, 0.15) is 16.8 Å². The van der Waals surface area contributed by atoms with Gasteiger partial charge in [0.2, 0.25) is 0 Å². The minimum atomic E-state index is -0.0371. The number of benzene rings is 1. The molecule has 0 spiro atoms. The first-order valence-corrected chi connectivity index (χ1v) is 5.17. The summed E-state index contributed by atoms with van der Waals surface area (Å²) in [5, 5.41) is 3.34. The van der Waals surface area contributed by atoms with Crippen LogP contribution in [0.3, 0.4) is 0 Å². The van der Waals surface area contributed by atoms with Crippen LogP contribution in [0.25, 0.3) is 21.5 Å². The second-order valence-electron chi connectivity index (χ2n) is 3.69. The largest absolute Gasteiger partial charge is 0.334 e. The molecule has 2 aromatic rings. The Morgan fingerprint density at radius 1 is 1.59 bits per heavy atom. The van der Waals surface area contributed by atoms with Crippen molar-refractivity contribution in [3.63, 3.8) is 0 Å². The number of fused-ring (bicyclic) bond motifs is 1. The Labute approximate surface area is 97.5 Å². The fourth-order valence-electron chi connectivity index (χ4n) is 1.65. The van der Waals surface area contributed by atoms with E-state index in [0.29, 0.717) is 5.56 Å². The van der Waals surface area contributed by atoms with E-state index in [2.05, 4.69) is 15.0 Å². The average Bonchev–Trinajstić information content (AvgIpc) is 2.71. The van der Waals surface area contributed by atoms with Crippen LogP contribution >= 0.6 is 0 Å². The van der Waals surface area contributed by atoms with Crippen molar-refractivity contribution in [3.05, 3.63) is 40.5 Å². The molecule has 6 nitrogen and oxygen atoms in total. The van der Waals surface area contributed by atoms with Crippen LogP contribution in [0.4, 0.5) is 0 Å². The van der Waals surface area contributed by atoms with Gasteiger partial charge in [0.1, 0.15) is 0 Å². The van der Waals surface area contributed by atoms with Gasteiger partial charge < -0.3 is 4.57 Å². The van der Waals surface area contributed by atoms with Crippen LogP contribution in [0, 0.1) is 0 Å². The van der Waals surface area contributed by atoms with Crippen LogP contribution < -0.4 is 0 Å². The maximum absolute atomic E-state index is 11.8. The monoisotopic (exact) mass is 229 g/mol. The summed E-state index contributed by atoms with van der Waals surface area (Å²) in [5.41, 5.74) is 10.5. The van der Waals surface area contributed by atoms with Gasteiger partial charge in [-0.2, -0.15) is 0 Å². The number of hydrogen-bond acceptors (Lipinski definition) is 3. The summed E-state index contributed by atoms with van der Waals surface area (Å²) in [4.78, 5) is 18.6. The second-order valence-corrected chi connectivity index (χ2v) is 3.69. The molecule has 1 aromatic carbocycles. The predicted octanol–water partition coefficient (Wildman–Crippen LogP) is 2.46. The van der Waals surface area contributed by atoms with Crippen molar-refractivity contribution in [2.75, 3.05) is 6.54 Å². The quantitative estimate of drug-likeness (QED) is 0.349. The first kappa shape index (κ1) is 11.2. The number of azide groups is 1. The van der Waals surface area contributed by atoms with Crippen molar-refractivity contribution in [2.45, 2.75) is 6.42 Å². The number of aromatic nitrogens is 2. The Balaban J connectivity index is 2.24. The first-order chi connectivity index (χ1) is 8.22. The maximum Gasteiger partial charge on any atom is 0.163 e. The van der Waals surface area contributed by atoms with E-state index in [-0.39, 0.29) is 18.7 Å². The molecule has 0 radical (unpaired) electrons. The van der Waals surface area contributed by atoms with E-state index in [4.69, 9.17) is 5.53 Å². The number of carbonyl (C=O) groups excluding carboxylic acids is 1. The van der Waals surface area contributed by atoms with Crippen LogP contribution in [0.15, 0.2) is 29.6 Å². The summed E-state index contributed by atoms with van der Waals surface area (Å²) >= 11 is 0. The van der Waals surface area contributed by atoms with Gasteiger partial charge >= 0.3 is 0 Å². The number of nitrogens with zero attached hydrogens (tertiary/aromatic N) is 5. The second kappa shape index (κ2) is 4.67. The third kappa shape index (κ3) is 2.26. The lowest BCUT2D eigenvalue weighted by Crippen LogP contribution is -2.00. The van der Waals surface area contributed by atoms with Crippen molar-refractivity contribution < 1.29 is 4.79 Å². The normalized spacial score (nSPS) is 10.2. The topological polar surface area (TPSA) is 83.7 Å². The molecule has 0 saturated carbocycles. The molecule has 86 valence electrons. The highest BCUT2D eigenvalue weighted by atomic mass is 16.1. The van der Waals surface area contributed by atoms with Crippen LogP contribution in [-0.4, -0.2) is 21.9 Å². The molecule has 2 rings (SSSR count). The molecule has 0 aliphatic rings. The van der Waals surface area contributed by atoms with Gasteiger partial charge in [-0.05, 0) is 23.7 Å². The first-order valence-electron chi connectivity index (χ1n) is 5.17. The third-order valence-corrected chi connectivity index (χ3v) is 2.55. The molecular formula is C11H11N5O. The molecule has 0 atom stereocenters. The summed E-state index contributed by atoms with van der Waals surface area (Å²) in [6.45, 7) is 0.190. The average molecular weight is 229 g/mol. The van der Waals surface area contributed by atoms with Gasteiger partial charge in [-0.1, -0.05) is 5.11 Å². The number of rotatable bonds is 4. The summed E-state index contributed by atoms with van der Waals surface area (Å²) in [5.74, 6) is -0.0371. The zero-order valence-corrected chi connectivity index (χ0v) is 9.37. The van der Waals surface area contributed by atoms with Crippen molar-refractivity contribution in [1.29, 1.82) is 0 Å². The van der Waals surface area contributed by atoms with E-state index >= 15 is 0 Å². The minimum absolute atomic E-state index is 0.0371. The molecule has 0 amide bonds. The molecule has 6 heteroatoms. The fraction of sp³-hybridized carbons (Fsp3) is 0.273. The highest BCUT2D eigenvalue weighted by Crippen LogP contribution is 2.15. The zero-order chi connectivity index (χ0) is 12.3. The molecule has 0 bridgehead atoms. The Hall–Kier alpha value is -2.33. The van der Waals surface area contributed by atoms with E-state index < -0.39 is 0 Å². The van der Waals surface area contributed by atoms with Gasteiger partial charge in [0, 0.05) is 30.5 Å². The Morgan fingerprint density at radius 3 is 3.18 bits per heavy atom. The molecule has 0 saturated heterocycles. The molecular weight excluding hydrogens is 218 g/mol. The summed E-state index contributed by atoms with van der Waals surface area (Å²) < 4.78 is 1.89. The van der Waals surface area contributed by atoms with Gasteiger partial charge in [0.05, 0.1) is 17.4 Å². The molecule has 0 unspecified atom stereocenters. The lowest BCUT2D eigenvalue weighted by atomic mass is 10.1. The van der Waals surface area contributed by atoms with E-state index in [9.17, 15) is 4.79 Å². The summed E-state index contributed by atoms with van der Waals surface area (Å²) in [7, 11) is 1.90. The van der Waals surface area contributed by atoms with Crippen LogP contribution in [-0.2, 0) is 7.05 Å². The van der Waals surface area contributed by atoms with Crippen molar-refractivity contribution in [2.24, 2.45) is 12.2 Å². The minimum Gasteiger partial charge on any atom is -0.334 e. The number of imidazole rings is 1. The highest BCUT2D eigenvalue weighted by molar-refractivity contribution is 5.99. The fourth-order valence-corrected chi connectivity index (χ4v) is 1.65. The van der Waals surface area contributed by atoms with Gasteiger partial charge in [-0.3, -0.25) is 4.79 Å². The zero-order valence-electron chi connectivity index (χ0n) is 9.37. The Kier molecular flexibility index (Phi) is 3.07. The Bertz CT molecular complexity index is 609. The summed E-state index contributed by atoms with van der Waals surface area (Å²) in [6, 6.07) is 5.39. The van der Waals surface area contributed by atoms with Crippen LogP contribution in [0.5, 0.6) is 0 Å². The van der Waals surface area contributed by atoms with Crippen molar-refractivity contribution >= 4 is 16.8 Å². The predicted molar refractivity (Wildman–Crippen MR) is 63.7 cm³/mol. The lowest BCUT2D eigenvalue weighted by molar-refractivity contribution is 0.0985. The number of hydrogen-bond donors (Lipinski definition) is 0. The van der Waals surface area contributed by atoms with Gasteiger partial charge in [-0.15, -0.1) is 0 Å². The summed E-state index contributed by atoms with van der Waals surface area (Å²) in [6.07, 6.45) is 1.93. The van der Waals surface area contributed by atoms with Crippen molar-refractivity contribution in [1.82, 2.24) is 9.55 Å². The number of ketones is 1. The number of aryl methyl sites for hydroxylation is 1. The number of Topliss-reactive ketones (excluding diaryl/α,β-unsaturated/α-hetero) is 1. The van der Waals surface area contributed by atoms with E-state index in [1.54, 1.807) is 18.5 Å². The molecule has 0 N–H and O–H groups in total. The highest BCUT2D eigenvalue weighted by Gasteiger charge is 2.07. The Morgan fingerprint density at radius 2 is 2.41 bits per heavy atom. The SMILES string of the molecule is Cn1cnc2cc(C(=O)CCN=[N+]=[N-])ccc21. The van der Waals surface area contributed by atoms with E-state index in [1.807, 2.05) is 17.7 Å². The van der Waals surface area contributed by atoms with Gasteiger partial charge in [-0.25, -0.2) is 4.98 Å². The van der Waals surface area contributed by atoms with E-state index in [1.165, 1.54) is 0 Å². The molecule has 17 heavy (non-hydrogen) atoms. The van der Waals surface area contributed by atoms with Crippen molar-refractivity contribution in [3.8, 4) is 0 Å². The molecule has 1 heterocycles. The smallest absolute Gasteiger partial charge is 0.163 e. The lowest BCUT2D eigenvalue weighted by Gasteiger charge is -1.99. The van der Waals surface area contributed by atoms with Gasteiger partial charge in [0.15, 0.2) is 5.78 Å². The molecule has 0 aliphatic carbocycles. The maximum atomic E-state index is 11.8. The molecule has 0 aliphatic heterocycles. The standard InChI is InChI=1S/C11H11N5O/c1-16-7-13-9-6-8(2-3-10(9)16)11(17)4-5-14-15-12/h2-3,6-7H,4-5H2,1H3. The molecule has 0 fully saturated rings. The number of carbonyl (C=O) groups is 1. The van der Waals surface area contributed by atoms with Gasteiger partial charge in [0.25, 0.3) is 0 Å². The molecule has 1 aromatic heterocycles. The third-order valence-electron chi connectivity index (χ3n) is 2.55. The van der Waals surface area contributed by atoms with Crippen LogP contribution in [0.2, 0.25) is 0 Å². The van der Waals surface area contributed by atoms with E-state index in [0.717, 1.165) is 11.0 Å².